The predicted molar refractivity (Wildman–Crippen MR) is 106 cm³/mol. The Morgan fingerprint density at radius 1 is 1.07 bits per heavy atom. The number of carbonyl (C=O) groups excluding carboxylic acids is 1. The molecule has 2 aromatic carbocycles. The number of rotatable bonds is 5. The third-order valence-corrected chi connectivity index (χ3v) is 4.97. The van der Waals surface area contributed by atoms with E-state index in [1.54, 1.807) is 13.1 Å². The molecule has 1 aliphatic rings. The summed E-state index contributed by atoms with van der Waals surface area (Å²) in [6.45, 7) is 3.08. The highest BCUT2D eigenvalue weighted by atomic mass is 16.5. The molecule has 0 N–H and O–H groups in total. The number of aromatic nitrogens is 2. The average Bonchev–Trinajstić information content (AvgIpc) is 2.75. The molecule has 4 rings (SSSR count). The normalized spacial score (nSPS) is 16.0. The van der Waals surface area contributed by atoms with Crippen LogP contribution in [0.1, 0.15) is 19.8 Å². The van der Waals surface area contributed by atoms with E-state index < -0.39 is 6.10 Å². The van der Waals surface area contributed by atoms with Crippen LogP contribution in [-0.4, -0.2) is 46.3 Å². The molecule has 0 bridgehead atoms. The highest BCUT2D eigenvalue weighted by Crippen LogP contribution is 2.25. The molecule has 144 valence electrons. The first-order valence-electron chi connectivity index (χ1n) is 9.58. The first-order chi connectivity index (χ1) is 13.7. The number of hydrogen-bond donors (Lipinski definition) is 0. The number of benzene rings is 2. The van der Waals surface area contributed by atoms with Gasteiger partial charge >= 0.3 is 0 Å². The summed E-state index contributed by atoms with van der Waals surface area (Å²) in [5.41, 5.74) is 0. The lowest BCUT2D eigenvalue weighted by Gasteiger charge is -2.33. The zero-order valence-corrected chi connectivity index (χ0v) is 15.8. The summed E-state index contributed by atoms with van der Waals surface area (Å²) in [6.07, 6.45) is 2.76. The predicted octanol–water partition coefficient (Wildman–Crippen LogP) is 3.47. The summed E-state index contributed by atoms with van der Waals surface area (Å²) in [7, 11) is 0. The van der Waals surface area contributed by atoms with E-state index in [9.17, 15) is 4.79 Å². The van der Waals surface area contributed by atoms with Crippen LogP contribution >= 0.6 is 0 Å². The topological polar surface area (TPSA) is 64.5 Å². The van der Waals surface area contributed by atoms with Crippen LogP contribution in [0.4, 0.5) is 0 Å². The van der Waals surface area contributed by atoms with Crippen molar-refractivity contribution in [3.05, 3.63) is 60.8 Å². The Hall–Kier alpha value is -3.15. The van der Waals surface area contributed by atoms with Crippen LogP contribution in [0, 0.1) is 0 Å². The second-order valence-electron chi connectivity index (χ2n) is 6.95. The molecule has 1 saturated heterocycles. The molecule has 6 nitrogen and oxygen atoms in total. The van der Waals surface area contributed by atoms with Gasteiger partial charge in [0.15, 0.2) is 6.10 Å². The molecule has 1 aromatic heterocycles. The van der Waals surface area contributed by atoms with Crippen molar-refractivity contribution < 1.29 is 14.3 Å². The summed E-state index contributed by atoms with van der Waals surface area (Å²) in [6, 6.07) is 17.3. The third-order valence-electron chi connectivity index (χ3n) is 4.97. The van der Waals surface area contributed by atoms with Crippen molar-refractivity contribution in [3.63, 3.8) is 0 Å². The fraction of sp³-hybridized carbons (Fsp3) is 0.318. The maximum atomic E-state index is 12.7. The average molecular weight is 377 g/mol. The molecule has 1 aliphatic heterocycles. The Labute approximate surface area is 164 Å². The fourth-order valence-corrected chi connectivity index (χ4v) is 3.45. The number of piperidine rings is 1. The Morgan fingerprint density at radius 3 is 2.57 bits per heavy atom. The Balaban J connectivity index is 1.33. The number of nitrogens with zero attached hydrogens (tertiary/aromatic N) is 3. The van der Waals surface area contributed by atoms with Crippen LogP contribution < -0.4 is 9.47 Å². The van der Waals surface area contributed by atoms with Crippen molar-refractivity contribution in [2.24, 2.45) is 0 Å². The van der Waals surface area contributed by atoms with Gasteiger partial charge in [0, 0.05) is 36.7 Å². The van der Waals surface area contributed by atoms with E-state index in [4.69, 9.17) is 9.47 Å². The molecule has 1 amide bonds. The van der Waals surface area contributed by atoms with Gasteiger partial charge in [-0.05, 0) is 25.1 Å². The van der Waals surface area contributed by atoms with Crippen LogP contribution in [0.5, 0.6) is 11.6 Å². The SMILES string of the molecule is CC(Oc1ccccc1)C(=O)N1CCC(Oc2nncc3ccccc23)CC1. The lowest BCUT2D eigenvalue weighted by Crippen LogP contribution is -2.46. The molecule has 1 fully saturated rings. The van der Waals surface area contributed by atoms with Crippen LogP contribution in [0.3, 0.4) is 0 Å². The molecule has 0 aliphatic carbocycles. The molecule has 6 heteroatoms. The quantitative estimate of drug-likeness (QED) is 0.681. The Bertz CT molecular complexity index is 935. The van der Waals surface area contributed by atoms with Gasteiger partial charge in [0.25, 0.3) is 5.91 Å². The van der Waals surface area contributed by atoms with Gasteiger partial charge in [-0.15, -0.1) is 5.10 Å². The first kappa shape index (κ1) is 18.2. The lowest BCUT2D eigenvalue weighted by molar-refractivity contribution is -0.139. The molecule has 1 unspecified atom stereocenters. The maximum Gasteiger partial charge on any atom is 0.263 e. The Kier molecular flexibility index (Phi) is 5.37. The molecule has 3 aromatic rings. The Morgan fingerprint density at radius 2 is 1.79 bits per heavy atom. The summed E-state index contributed by atoms with van der Waals surface area (Å²) < 4.78 is 11.9. The number of likely N-dealkylation sites (tertiary alicyclic amines) is 1. The van der Waals surface area contributed by atoms with Gasteiger partial charge < -0.3 is 14.4 Å². The summed E-state index contributed by atoms with van der Waals surface area (Å²) in [4.78, 5) is 14.5. The number of ether oxygens (including phenoxy) is 2. The van der Waals surface area contributed by atoms with Gasteiger partial charge in [-0.25, -0.2) is 0 Å². The third kappa shape index (κ3) is 4.06. The van der Waals surface area contributed by atoms with Crippen LogP contribution in [0.25, 0.3) is 10.8 Å². The maximum absolute atomic E-state index is 12.7. The van der Waals surface area contributed by atoms with Gasteiger partial charge in [-0.1, -0.05) is 36.4 Å². The summed E-state index contributed by atoms with van der Waals surface area (Å²) in [5, 5.41) is 10.2. The van der Waals surface area contributed by atoms with E-state index in [-0.39, 0.29) is 12.0 Å². The molecule has 0 saturated carbocycles. The van der Waals surface area contributed by atoms with Crippen LogP contribution in [0.2, 0.25) is 0 Å². The van der Waals surface area contributed by atoms with Crippen molar-refractivity contribution in [2.75, 3.05) is 13.1 Å². The van der Waals surface area contributed by atoms with E-state index in [0.29, 0.717) is 24.7 Å². The van der Waals surface area contributed by atoms with Gasteiger partial charge in [0.2, 0.25) is 5.88 Å². The fourth-order valence-electron chi connectivity index (χ4n) is 3.45. The van der Waals surface area contributed by atoms with Crippen molar-refractivity contribution >= 4 is 16.7 Å². The zero-order valence-electron chi connectivity index (χ0n) is 15.8. The molecular formula is C22H23N3O3. The smallest absolute Gasteiger partial charge is 0.263 e. The number of fused-ring (bicyclic) bond motifs is 1. The van der Waals surface area contributed by atoms with Gasteiger partial charge in [-0.3, -0.25) is 4.79 Å². The minimum absolute atomic E-state index is 0.00672. The van der Waals surface area contributed by atoms with Gasteiger partial charge in [0.1, 0.15) is 11.9 Å². The number of hydrogen-bond acceptors (Lipinski definition) is 5. The standard InChI is InChI=1S/C22H23N3O3/c1-16(27-18-8-3-2-4-9-18)22(26)25-13-11-19(12-14-25)28-21-20-10-6-5-7-17(20)15-23-24-21/h2-10,15-16,19H,11-14H2,1H3. The van der Waals surface area contributed by atoms with Crippen molar-refractivity contribution in [2.45, 2.75) is 32.0 Å². The van der Waals surface area contributed by atoms with Crippen molar-refractivity contribution in [1.29, 1.82) is 0 Å². The molecule has 2 heterocycles. The van der Waals surface area contributed by atoms with Crippen molar-refractivity contribution in [3.8, 4) is 11.6 Å². The molecule has 1 atom stereocenters. The molecule has 0 spiro atoms. The summed E-state index contributed by atoms with van der Waals surface area (Å²) in [5.74, 6) is 1.27. The number of para-hydroxylation sites is 1. The minimum Gasteiger partial charge on any atom is -0.481 e. The van der Waals surface area contributed by atoms with E-state index >= 15 is 0 Å². The second kappa shape index (κ2) is 8.25. The number of amides is 1. The second-order valence-corrected chi connectivity index (χ2v) is 6.95. The zero-order chi connectivity index (χ0) is 19.3. The summed E-state index contributed by atoms with van der Waals surface area (Å²) >= 11 is 0. The highest BCUT2D eigenvalue weighted by Gasteiger charge is 2.28. The van der Waals surface area contributed by atoms with E-state index in [1.807, 2.05) is 59.5 Å². The van der Waals surface area contributed by atoms with Crippen molar-refractivity contribution in [1.82, 2.24) is 15.1 Å². The largest absolute Gasteiger partial charge is 0.481 e. The first-order valence-corrected chi connectivity index (χ1v) is 9.58. The van der Waals surface area contributed by atoms with E-state index in [0.717, 1.165) is 23.6 Å². The van der Waals surface area contributed by atoms with Crippen LogP contribution in [-0.2, 0) is 4.79 Å². The van der Waals surface area contributed by atoms with E-state index in [2.05, 4.69) is 10.2 Å². The molecule has 0 radical (unpaired) electrons. The molecule has 28 heavy (non-hydrogen) atoms. The highest BCUT2D eigenvalue weighted by molar-refractivity contribution is 5.85. The van der Waals surface area contributed by atoms with Gasteiger partial charge in [0.05, 0.1) is 6.20 Å². The van der Waals surface area contributed by atoms with Crippen LogP contribution in [0.15, 0.2) is 60.8 Å². The lowest BCUT2D eigenvalue weighted by atomic mass is 10.1. The monoisotopic (exact) mass is 377 g/mol. The number of carbonyl (C=O) groups is 1. The molecular weight excluding hydrogens is 354 g/mol. The van der Waals surface area contributed by atoms with Gasteiger partial charge in [-0.2, -0.15) is 5.10 Å². The van der Waals surface area contributed by atoms with E-state index in [1.165, 1.54) is 0 Å². The minimum atomic E-state index is -0.510.